The van der Waals surface area contributed by atoms with Crippen molar-refractivity contribution in [3.63, 3.8) is 0 Å². The lowest BCUT2D eigenvalue weighted by molar-refractivity contribution is -0.192. The SMILES string of the molecule is CCOC(=O)CCCOc1c(N(CC)CC)cc(C(=O)CN2Cc3cc(OCC)c(C(=O)NC)nc3C2=N)cc1C(C)(C)C.O=C(O)C(F)(F)F. The van der Waals surface area contributed by atoms with Gasteiger partial charge in [0.25, 0.3) is 5.91 Å². The van der Waals surface area contributed by atoms with Crippen molar-refractivity contribution in [1.29, 1.82) is 5.41 Å². The molecule has 0 bridgehead atoms. The lowest BCUT2D eigenvalue weighted by atomic mass is 9.84. The Kier molecular flexibility index (Phi) is 15.2. The van der Waals surface area contributed by atoms with E-state index in [1.807, 2.05) is 19.1 Å². The summed E-state index contributed by atoms with van der Waals surface area (Å²) in [5.41, 5.74) is 3.09. The van der Waals surface area contributed by atoms with Gasteiger partial charge in [0, 0.05) is 49.8 Å². The quantitative estimate of drug-likeness (QED) is 0.123. The lowest BCUT2D eigenvalue weighted by Gasteiger charge is -2.31. The van der Waals surface area contributed by atoms with Gasteiger partial charge in [0.2, 0.25) is 0 Å². The average molecular weight is 724 g/mol. The number of alkyl halides is 3. The molecule has 0 unspecified atom stereocenters. The first-order valence-electron chi connectivity index (χ1n) is 16.6. The second-order valence-electron chi connectivity index (χ2n) is 12.3. The maximum atomic E-state index is 13.9. The van der Waals surface area contributed by atoms with Gasteiger partial charge in [-0.3, -0.25) is 19.8 Å². The Morgan fingerprint density at radius 1 is 1.02 bits per heavy atom. The van der Waals surface area contributed by atoms with Crippen LogP contribution < -0.4 is 19.7 Å². The maximum absolute atomic E-state index is 13.9. The highest BCUT2D eigenvalue weighted by atomic mass is 19.4. The van der Waals surface area contributed by atoms with Crippen molar-refractivity contribution in [2.45, 2.75) is 79.4 Å². The predicted molar refractivity (Wildman–Crippen MR) is 184 cm³/mol. The van der Waals surface area contributed by atoms with E-state index in [4.69, 9.17) is 29.5 Å². The normalized spacial score (nSPS) is 12.4. The Morgan fingerprint density at radius 2 is 1.65 bits per heavy atom. The van der Waals surface area contributed by atoms with Crippen LogP contribution in [0.1, 0.15) is 99.0 Å². The number of aromatic nitrogens is 1. The molecule has 2 aromatic rings. The highest BCUT2D eigenvalue weighted by molar-refractivity contribution is 6.06. The van der Waals surface area contributed by atoms with Gasteiger partial charge in [-0.15, -0.1) is 0 Å². The molecule has 3 rings (SSSR count). The number of hydrogen-bond donors (Lipinski definition) is 3. The van der Waals surface area contributed by atoms with Crippen molar-refractivity contribution in [1.82, 2.24) is 15.2 Å². The maximum Gasteiger partial charge on any atom is 0.490 e. The number of fused-ring (bicyclic) bond motifs is 1. The summed E-state index contributed by atoms with van der Waals surface area (Å²) in [5, 5.41) is 18.5. The third kappa shape index (κ3) is 11.3. The Balaban J connectivity index is 0.00000116. The number of anilines is 1. The van der Waals surface area contributed by atoms with Crippen LogP contribution in [0.25, 0.3) is 0 Å². The number of amides is 1. The van der Waals surface area contributed by atoms with E-state index in [-0.39, 0.29) is 41.7 Å². The zero-order chi connectivity index (χ0) is 38.7. The molecule has 0 spiro atoms. The molecule has 1 aliphatic heterocycles. The monoisotopic (exact) mass is 723 g/mol. The number of esters is 1. The molecular formula is C35H48F3N5O8. The number of carbonyl (C=O) groups excluding carboxylic acids is 3. The van der Waals surface area contributed by atoms with E-state index in [0.29, 0.717) is 68.6 Å². The minimum atomic E-state index is -5.08. The fraction of sp³-hybridized carbons (Fsp3) is 0.543. The largest absolute Gasteiger partial charge is 0.491 e. The number of pyridine rings is 1. The third-order valence-electron chi connectivity index (χ3n) is 7.67. The second kappa shape index (κ2) is 18.4. The number of amidine groups is 1. The topological polar surface area (TPSA) is 171 Å². The molecular weight excluding hydrogens is 675 g/mol. The van der Waals surface area contributed by atoms with E-state index in [0.717, 1.165) is 16.8 Å². The van der Waals surface area contributed by atoms with Crippen LogP contribution in [0.3, 0.4) is 0 Å². The van der Waals surface area contributed by atoms with Crippen LogP contribution in [-0.4, -0.2) is 97.1 Å². The number of rotatable bonds is 15. The van der Waals surface area contributed by atoms with Crippen LogP contribution in [0.2, 0.25) is 0 Å². The number of benzene rings is 1. The lowest BCUT2D eigenvalue weighted by Crippen LogP contribution is -2.31. The van der Waals surface area contributed by atoms with E-state index in [1.54, 1.807) is 17.9 Å². The summed E-state index contributed by atoms with van der Waals surface area (Å²) in [4.78, 5) is 55.3. The van der Waals surface area contributed by atoms with Crippen LogP contribution >= 0.6 is 0 Å². The highest BCUT2D eigenvalue weighted by Gasteiger charge is 2.38. The summed E-state index contributed by atoms with van der Waals surface area (Å²) in [6.07, 6.45) is -4.30. The van der Waals surface area contributed by atoms with Crippen molar-refractivity contribution in [2.75, 3.05) is 51.4 Å². The highest BCUT2D eigenvalue weighted by Crippen LogP contribution is 2.41. The number of aliphatic carboxylic acids is 1. The number of halogens is 3. The van der Waals surface area contributed by atoms with Gasteiger partial charge in [-0.1, -0.05) is 20.8 Å². The zero-order valence-corrected chi connectivity index (χ0v) is 30.4. The Labute approximate surface area is 295 Å². The van der Waals surface area contributed by atoms with E-state index < -0.39 is 18.1 Å². The van der Waals surface area contributed by atoms with Gasteiger partial charge >= 0.3 is 18.1 Å². The molecule has 2 heterocycles. The van der Waals surface area contributed by atoms with Crippen LogP contribution in [0.4, 0.5) is 18.9 Å². The number of nitrogens with zero attached hydrogens (tertiary/aromatic N) is 3. The van der Waals surface area contributed by atoms with E-state index in [9.17, 15) is 27.6 Å². The van der Waals surface area contributed by atoms with Gasteiger partial charge in [-0.05, 0) is 57.7 Å². The molecule has 0 atom stereocenters. The molecule has 1 aliphatic rings. The molecule has 3 N–H and O–H groups in total. The van der Waals surface area contributed by atoms with Gasteiger partial charge in [0.15, 0.2) is 17.2 Å². The van der Waals surface area contributed by atoms with Crippen molar-refractivity contribution >= 4 is 35.2 Å². The molecule has 1 aromatic heterocycles. The van der Waals surface area contributed by atoms with Crippen molar-refractivity contribution in [3.8, 4) is 11.5 Å². The number of ether oxygens (including phenoxy) is 3. The average Bonchev–Trinajstić information content (AvgIpc) is 3.35. The third-order valence-corrected chi connectivity index (χ3v) is 7.67. The first kappa shape index (κ1) is 42.3. The number of carboxylic acid groups (broad SMARTS) is 1. The minimum absolute atomic E-state index is 0.0323. The second-order valence-corrected chi connectivity index (χ2v) is 12.3. The summed E-state index contributed by atoms with van der Waals surface area (Å²) < 4.78 is 48.8. The van der Waals surface area contributed by atoms with Gasteiger partial charge < -0.3 is 34.4 Å². The van der Waals surface area contributed by atoms with E-state index >= 15 is 0 Å². The van der Waals surface area contributed by atoms with Crippen molar-refractivity contribution < 1.29 is 51.7 Å². The molecule has 1 amide bonds. The number of ketones is 1. The fourth-order valence-electron chi connectivity index (χ4n) is 5.15. The first-order chi connectivity index (χ1) is 23.8. The summed E-state index contributed by atoms with van der Waals surface area (Å²) in [7, 11) is 1.52. The Hall–Kier alpha value is -4.89. The number of carboxylic acids is 1. The van der Waals surface area contributed by atoms with Gasteiger partial charge in [0.1, 0.15) is 17.3 Å². The number of nitrogens with one attached hydrogen (secondary N) is 2. The molecule has 16 heteroatoms. The molecule has 0 fully saturated rings. The minimum Gasteiger partial charge on any atom is -0.491 e. The van der Waals surface area contributed by atoms with Crippen molar-refractivity contribution in [3.05, 3.63) is 46.3 Å². The number of Topliss-reactive ketones (excluding diaryl/α,β-unsaturated/α-hetero) is 1. The molecule has 0 saturated carbocycles. The van der Waals surface area contributed by atoms with E-state index in [1.165, 1.54) is 7.05 Å². The standard InChI is InChI=1S/C33H47N5O6.C2HF3O2/c1-9-37(10-2)24-17-21(16-23(33(5,6)7)30(24)44-15-13-14-27(40)43-12-4)25(39)20-38-19-22-18-26(42-11-3)29(32(41)35-8)36-28(22)31(38)34;3-2(4,5)1(6)7/h16-18,34H,9-15,19-20H2,1-8H3,(H,35,41);(H,6,7). The molecule has 282 valence electrons. The molecule has 0 aliphatic carbocycles. The molecule has 51 heavy (non-hydrogen) atoms. The van der Waals surface area contributed by atoms with Crippen molar-refractivity contribution in [2.24, 2.45) is 0 Å². The zero-order valence-electron chi connectivity index (χ0n) is 30.4. The van der Waals surface area contributed by atoms with Gasteiger partial charge in [-0.25, -0.2) is 9.78 Å². The fourth-order valence-corrected chi connectivity index (χ4v) is 5.15. The number of carbonyl (C=O) groups is 4. The summed E-state index contributed by atoms with van der Waals surface area (Å²) in [5.74, 6) is -2.41. The first-order valence-corrected chi connectivity index (χ1v) is 16.6. The van der Waals surface area contributed by atoms with Gasteiger partial charge in [0.05, 0.1) is 32.1 Å². The van der Waals surface area contributed by atoms with E-state index in [2.05, 4.69) is 49.8 Å². The van der Waals surface area contributed by atoms with Gasteiger partial charge in [-0.2, -0.15) is 13.2 Å². The predicted octanol–water partition coefficient (Wildman–Crippen LogP) is 5.36. The van der Waals surface area contributed by atoms with Crippen LogP contribution in [0.5, 0.6) is 11.5 Å². The molecule has 13 nitrogen and oxygen atoms in total. The van der Waals surface area contributed by atoms with Crippen LogP contribution in [0.15, 0.2) is 18.2 Å². The smallest absolute Gasteiger partial charge is 0.490 e. The molecule has 0 radical (unpaired) electrons. The summed E-state index contributed by atoms with van der Waals surface area (Å²) in [6.45, 7) is 16.7. The number of hydrogen-bond acceptors (Lipinski definition) is 10. The van der Waals surface area contributed by atoms with Crippen LogP contribution in [-0.2, 0) is 26.3 Å². The molecule has 1 aromatic carbocycles. The Morgan fingerprint density at radius 3 is 2.16 bits per heavy atom. The summed E-state index contributed by atoms with van der Waals surface area (Å²) in [6, 6.07) is 5.49. The summed E-state index contributed by atoms with van der Waals surface area (Å²) >= 11 is 0. The Bertz CT molecular complexity index is 1590. The molecule has 0 saturated heterocycles. The van der Waals surface area contributed by atoms with Crippen LogP contribution in [0, 0.1) is 5.41 Å².